The number of ether oxygens (including phenoxy) is 1. The number of carbonyl (C=O) groups excluding carboxylic acids is 2. The van der Waals surface area contributed by atoms with Crippen molar-refractivity contribution in [3.63, 3.8) is 0 Å². The van der Waals surface area contributed by atoms with Gasteiger partial charge in [-0.05, 0) is 0 Å². The van der Waals surface area contributed by atoms with Crippen molar-refractivity contribution in [3.8, 4) is 0 Å². The van der Waals surface area contributed by atoms with Crippen LogP contribution in [0.2, 0.25) is 9.63 Å². The molecule has 0 radical (unpaired) electrons. The van der Waals surface area contributed by atoms with Crippen LogP contribution in [0, 0.1) is 16.7 Å². The number of rotatable bonds is 6. The number of hydrogen-bond donors (Lipinski definition) is 1. The van der Waals surface area contributed by atoms with Gasteiger partial charge in [0.25, 0.3) is 0 Å². The number of hydrogen-bond acceptors (Lipinski definition) is 4. The van der Waals surface area contributed by atoms with Crippen LogP contribution in [0.4, 0.5) is 0 Å². The molecule has 2 fully saturated rings. The van der Waals surface area contributed by atoms with Crippen molar-refractivity contribution < 1.29 is 19.4 Å². The van der Waals surface area contributed by atoms with Crippen LogP contribution in [0.25, 0.3) is 6.08 Å². The van der Waals surface area contributed by atoms with Crippen LogP contribution in [0.3, 0.4) is 0 Å². The van der Waals surface area contributed by atoms with Gasteiger partial charge in [-0.15, -0.1) is 0 Å². The van der Waals surface area contributed by atoms with E-state index in [0.717, 1.165) is 18.4 Å². The summed E-state index contributed by atoms with van der Waals surface area (Å²) >= 11 is -0.356. The number of carbonyl (C=O) groups is 2. The molecule has 4 nitrogen and oxygen atoms in total. The van der Waals surface area contributed by atoms with E-state index in [4.69, 9.17) is 4.74 Å². The van der Waals surface area contributed by atoms with Crippen LogP contribution >= 0.6 is 0 Å². The molecule has 5 atom stereocenters. The molecule has 0 amide bonds. The molecule has 5 heteroatoms. The van der Waals surface area contributed by atoms with Gasteiger partial charge in [0, 0.05) is 0 Å². The van der Waals surface area contributed by atoms with Crippen molar-refractivity contribution in [1.29, 1.82) is 0 Å². The summed E-state index contributed by atoms with van der Waals surface area (Å²) in [6, 6.07) is 9.64. The fourth-order valence-electron chi connectivity index (χ4n) is 4.58. The molecular formula is C22H28O4Se. The van der Waals surface area contributed by atoms with Crippen molar-refractivity contribution in [2.45, 2.75) is 49.3 Å². The maximum atomic E-state index is 13.1. The standard InChI is InChI=1S/C22H28O4Se/c1-21(2)15-12-13-22(21,3)19(24)17(15)27-18(20(25)26-4)16(23)11-10-14-8-6-5-7-9-14/h5-11,15-18,23H,12-13H2,1-4H3/b11-10+/t15-,16-,17+,18+,22+/m1/s1. The predicted molar refractivity (Wildman–Crippen MR) is 106 cm³/mol. The fourth-order valence-corrected chi connectivity index (χ4v) is 8.41. The molecule has 146 valence electrons. The van der Waals surface area contributed by atoms with Crippen molar-refractivity contribution in [1.82, 2.24) is 0 Å². The summed E-state index contributed by atoms with van der Waals surface area (Å²) in [5.74, 6) is 0.128. The Morgan fingerprint density at radius 2 is 1.96 bits per heavy atom. The molecule has 2 aliphatic rings. The Balaban J connectivity index is 1.79. The monoisotopic (exact) mass is 436 g/mol. The predicted octanol–water partition coefficient (Wildman–Crippen LogP) is 3.54. The van der Waals surface area contributed by atoms with Crippen molar-refractivity contribution >= 4 is 32.8 Å². The van der Waals surface area contributed by atoms with Crippen LogP contribution in [-0.2, 0) is 14.3 Å². The number of aliphatic hydroxyl groups is 1. The van der Waals surface area contributed by atoms with Crippen LogP contribution in [0.5, 0.6) is 0 Å². The Hall–Kier alpha value is -1.42. The fraction of sp³-hybridized carbons (Fsp3) is 0.545. The van der Waals surface area contributed by atoms with E-state index in [-0.39, 0.29) is 42.3 Å². The van der Waals surface area contributed by atoms with Crippen molar-refractivity contribution in [2.75, 3.05) is 7.11 Å². The topological polar surface area (TPSA) is 63.6 Å². The van der Waals surface area contributed by atoms with Crippen LogP contribution in [0.15, 0.2) is 36.4 Å². The Bertz CT molecular complexity index is 742. The second-order valence-electron chi connectivity index (χ2n) is 8.32. The third-order valence-electron chi connectivity index (χ3n) is 6.79. The van der Waals surface area contributed by atoms with Gasteiger partial charge in [0.2, 0.25) is 0 Å². The normalized spacial score (nSPS) is 31.2. The van der Waals surface area contributed by atoms with Gasteiger partial charge in [-0.25, -0.2) is 0 Å². The molecular weight excluding hydrogens is 407 g/mol. The van der Waals surface area contributed by atoms with Crippen LogP contribution < -0.4 is 0 Å². The number of aliphatic hydroxyl groups excluding tert-OH is 1. The van der Waals surface area contributed by atoms with Gasteiger partial charge in [-0.3, -0.25) is 0 Å². The molecule has 1 aromatic rings. The number of ketones is 1. The van der Waals surface area contributed by atoms with E-state index in [9.17, 15) is 14.7 Å². The summed E-state index contributed by atoms with van der Waals surface area (Å²) in [6.45, 7) is 6.43. The summed E-state index contributed by atoms with van der Waals surface area (Å²) < 4.78 is 4.96. The zero-order valence-corrected chi connectivity index (χ0v) is 18.1. The summed E-state index contributed by atoms with van der Waals surface area (Å²) in [4.78, 5) is 24.7. The molecule has 0 unspecified atom stereocenters. The van der Waals surface area contributed by atoms with E-state index >= 15 is 0 Å². The zero-order chi connectivity index (χ0) is 19.8. The van der Waals surface area contributed by atoms with Crippen LogP contribution in [-0.4, -0.2) is 45.0 Å². The molecule has 0 heterocycles. The second kappa shape index (κ2) is 7.54. The first-order valence-electron chi connectivity index (χ1n) is 9.41. The molecule has 0 aliphatic heterocycles. The van der Waals surface area contributed by atoms with Gasteiger partial charge in [-0.2, -0.15) is 0 Å². The first-order chi connectivity index (χ1) is 12.7. The Morgan fingerprint density at radius 3 is 2.52 bits per heavy atom. The van der Waals surface area contributed by atoms with Gasteiger partial charge >= 0.3 is 167 Å². The van der Waals surface area contributed by atoms with Gasteiger partial charge in [0.05, 0.1) is 0 Å². The van der Waals surface area contributed by atoms with Crippen LogP contribution in [0.1, 0.15) is 39.2 Å². The van der Waals surface area contributed by atoms with Gasteiger partial charge < -0.3 is 0 Å². The molecule has 2 bridgehead atoms. The first-order valence-corrected chi connectivity index (χ1v) is 11.4. The van der Waals surface area contributed by atoms with E-state index in [2.05, 4.69) is 20.8 Å². The number of Topliss-reactive ketones (excluding diaryl/α,β-unsaturated/α-hetero) is 1. The molecule has 1 N–H and O–H groups in total. The average molecular weight is 435 g/mol. The molecule has 3 rings (SSSR count). The van der Waals surface area contributed by atoms with E-state index in [1.54, 1.807) is 6.08 Å². The minimum absolute atomic E-state index is 0.0536. The Morgan fingerprint density at radius 1 is 1.30 bits per heavy atom. The molecule has 27 heavy (non-hydrogen) atoms. The maximum absolute atomic E-state index is 13.1. The van der Waals surface area contributed by atoms with Gasteiger partial charge in [0.1, 0.15) is 0 Å². The number of fused-ring (bicyclic) bond motifs is 2. The summed E-state index contributed by atoms with van der Waals surface area (Å²) in [6.07, 6.45) is 4.44. The SMILES string of the molecule is COC(=O)[C@@H]([Se][C@@H]1C(=O)[C@]2(C)CC[C@H]1C2(C)C)[C@H](O)/C=C/c1ccccc1. The minimum atomic E-state index is -0.958. The number of benzene rings is 1. The van der Waals surface area contributed by atoms with Gasteiger partial charge in [-0.1, -0.05) is 0 Å². The number of methoxy groups -OCH3 is 1. The van der Waals surface area contributed by atoms with E-state index < -0.39 is 16.9 Å². The first kappa shape index (κ1) is 20.3. The molecule has 2 saturated carbocycles. The van der Waals surface area contributed by atoms with Gasteiger partial charge in [0.15, 0.2) is 0 Å². The average Bonchev–Trinajstić information content (AvgIpc) is 2.97. The number of esters is 1. The molecule has 1 aromatic carbocycles. The Kier molecular flexibility index (Phi) is 5.67. The summed E-state index contributed by atoms with van der Waals surface area (Å²) in [5.41, 5.74) is 0.592. The summed E-state index contributed by atoms with van der Waals surface area (Å²) in [7, 11) is 1.34. The third-order valence-corrected chi connectivity index (χ3v) is 10.2. The molecule has 0 spiro atoms. The van der Waals surface area contributed by atoms with Crippen molar-refractivity contribution in [2.24, 2.45) is 16.7 Å². The molecule has 0 aromatic heterocycles. The summed E-state index contributed by atoms with van der Waals surface area (Å²) in [5, 5.41) is 10.7. The molecule has 0 saturated heterocycles. The third kappa shape index (κ3) is 3.41. The van der Waals surface area contributed by atoms with E-state index in [1.165, 1.54) is 7.11 Å². The van der Waals surface area contributed by atoms with Crippen molar-refractivity contribution in [3.05, 3.63) is 42.0 Å². The zero-order valence-electron chi connectivity index (χ0n) is 16.3. The molecule has 2 aliphatic carbocycles. The Labute approximate surface area is 167 Å². The quantitative estimate of drug-likeness (QED) is 0.549. The van der Waals surface area contributed by atoms with E-state index in [0.29, 0.717) is 0 Å². The second-order valence-corrected chi connectivity index (χ2v) is 11.0. The van der Waals surface area contributed by atoms with E-state index in [1.807, 2.05) is 36.4 Å².